The lowest BCUT2D eigenvalue weighted by Gasteiger charge is -2.36. The highest BCUT2D eigenvalue weighted by Gasteiger charge is 2.53. The maximum atomic E-state index is 12.0. The Labute approximate surface area is 207 Å². The van der Waals surface area contributed by atoms with Crippen molar-refractivity contribution in [3.63, 3.8) is 0 Å². The molecule has 3 heterocycles. The van der Waals surface area contributed by atoms with Gasteiger partial charge in [-0.15, -0.1) is 0 Å². The van der Waals surface area contributed by atoms with E-state index in [9.17, 15) is 14.3 Å². The zero-order valence-corrected chi connectivity index (χ0v) is 20.0. The molecular formula is C26H29FN6O3. The van der Waals surface area contributed by atoms with Crippen LogP contribution in [-0.2, 0) is 0 Å². The number of carbonyl (C=O) groups excluding carboxylic acids is 1. The van der Waals surface area contributed by atoms with Crippen LogP contribution in [0.15, 0.2) is 36.8 Å². The third-order valence-electron chi connectivity index (χ3n) is 7.84. The van der Waals surface area contributed by atoms with E-state index in [2.05, 4.69) is 21.4 Å². The number of nitrogens with one attached hydrogen (secondary N) is 1. The quantitative estimate of drug-likeness (QED) is 0.437. The minimum absolute atomic E-state index is 0.226. The van der Waals surface area contributed by atoms with Crippen molar-refractivity contribution in [2.45, 2.75) is 74.8 Å². The first kappa shape index (κ1) is 24.2. The second kappa shape index (κ2) is 8.54. The van der Waals surface area contributed by atoms with Crippen molar-refractivity contribution >= 4 is 22.6 Å². The van der Waals surface area contributed by atoms with Crippen molar-refractivity contribution in [2.75, 3.05) is 5.32 Å². The van der Waals surface area contributed by atoms with Crippen molar-refractivity contribution in [1.29, 1.82) is 5.26 Å². The average molecular weight is 493 g/mol. The van der Waals surface area contributed by atoms with Crippen LogP contribution in [0.5, 0.6) is 0 Å². The number of rotatable bonds is 4. The lowest BCUT2D eigenvalue weighted by atomic mass is 9.80. The Balaban J connectivity index is 0.000000330. The number of fused-ring (bicyclic) bond motifs is 3. The molecule has 10 heteroatoms. The van der Waals surface area contributed by atoms with Crippen molar-refractivity contribution in [1.82, 2.24) is 14.5 Å². The predicted octanol–water partition coefficient (Wildman–Crippen LogP) is 3.12. The molecule has 0 aliphatic heterocycles. The van der Waals surface area contributed by atoms with Gasteiger partial charge in [-0.2, -0.15) is 5.26 Å². The fourth-order valence-electron chi connectivity index (χ4n) is 5.45. The molecule has 0 radical (unpaired) electrons. The molecule has 5 N–H and O–H groups in total. The van der Waals surface area contributed by atoms with Gasteiger partial charge in [0.2, 0.25) is 0 Å². The van der Waals surface area contributed by atoms with E-state index in [-0.39, 0.29) is 5.54 Å². The van der Waals surface area contributed by atoms with Crippen molar-refractivity contribution in [2.24, 2.45) is 5.73 Å². The number of carbonyl (C=O) groups is 1. The van der Waals surface area contributed by atoms with Gasteiger partial charge in [0.25, 0.3) is 5.91 Å². The summed E-state index contributed by atoms with van der Waals surface area (Å²) in [5.41, 5.74) is 5.86. The zero-order valence-electron chi connectivity index (χ0n) is 20.0. The summed E-state index contributed by atoms with van der Waals surface area (Å²) in [7, 11) is 0. The first-order valence-corrected chi connectivity index (χ1v) is 12.1. The van der Waals surface area contributed by atoms with E-state index < -0.39 is 23.3 Å². The van der Waals surface area contributed by atoms with Gasteiger partial charge in [-0.05, 0) is 64.0 Å². The third-order valence-corrected chi connectivity index (χ3v) is 7.84. The smallest absolute Gasteiger partial charge is 0.252 e. The van der Waals surface area contributed by atoms with Gasteiger partial charge >= 0.3 is 0 Å². The molecule has 2 atom stereocenters. The average Bonchev–Trinajstić information content (AvgIpc) is 3.53. The molecule has 3 aromatic rings. The molecule has 3 saturated carbocycles. The molecule has 2 unspecified atom stereocenters. The van der Waals surface area contributed by atoms with Crippen LogP contribution in [-0.4, -0.2) is 53.6 Å². The summed E-state index contributed by atoms with van der Waals surface area (Å²) in [4.78, 5) is 20.8. The summed E-state index contributed by atoms with van der Waals surface area (Å²) in [6.07, 6.45) is 8.91. The summed E-state index contributed by atoms with van der Waals surface area (Å²) in [6, 6.07) is 7.52. The summed E-state index contributed by atoms with van der Waals surface area (Å²) in [5.74, 6) is 0.0377. The van der Waals surface area contributed by atoms with Crippen LogP contribution in [0.25, 0.3) is 16.9 Å². The Morgan fingerprint density at radius 2 is 1.94 bits per heavy atom. The van der Waals surface area contributed by atoms with E-state index >= 15 is 0 Å². The lowest BCUT2D eigenvalue weighted by Crippen LogP contribution is -2.45. The number of hydrogen-bond donors (Lipinski definition) is 4. The van der Waals surface area contributed by atoms with Gasteiger partial charge in [0, 0.05) is 35.6 Å². The summed E-state index contributed by atoms with van der Waals surface area (Å²) >= 11 is 0. The van der Waals surface area contributed by atoms with Gasteiger partial charge in [-0.1, -0.05) is 0 Å². The first-order chi connectivity index (χ1) is 17.0. The molecule has 36 heavy (non-hydrogen) atoms. The van der Waals surface area contributed by atoms with Crippen LogP contribution in [0.2, 0.25) is 0 Å². The lowest BCUT2D eigenvalue weighted by molar-refractivity contribution is -0.0919. The number of nitriles is 1. The van der Waals surface area contributed by atoms with Gasteiger partial charge in [-0.25, -0.2) is 14.4 Å². The highest BCUT2D eigenvalue weighted by atomic mass is 19.1. The Kier molecular flexibility index (Phi) is 5.73. The summed E-state index contributed by atoms with van der Waals surface area (Å²) in [5, 5.41) is 32.8. The molecule has 9 nitrogen and oxygen atoms in total. The predicted molar refractivity (Wildman–Crippen MR) is 131 cm³/mol. The molecule has 0 aromatic carbocycles. The van der Waals surface area contributed by atoms with E-state index in [1.165, 1.54) is 19.3 Å². The molecule has 0 saturated heterocycles. The minimum Gasteiger partial charge on any atom is -0.390 e. The minimum atomic E-state index is -0.986. The molecule has 188 valence electrons. The van der Waals surface area contributed by atoms with E-state index in [0.717, 1.165) is 31.1 Å². The van der Waals surface area contributed by atoms with Crippen molar-refractivity contribution in [3.8, 4) is 11.9 Å². The second-order valence-electron chi connectivity index (χ2n) is 10.6. The van der Waals surface area contributed by atoms with Gasteiger partial charge in [-0.3, -0.25) is 9.36 Å². The number of alkyl halides is 1. The highest BCUT2D eigenvalue weighted by molar-refractivity contribution is 5.98. The molecule has 1 amide bonds. The Morgan fingerprint density at radius 3 is 2.47 bits per heavy atom. The number of halogens is 1. The Hall–Kier alpha value is -3.55. The molecule has 0 spiro atoms. The van der Waals surface area contributed by atoms with E-state index in [4.69, 9.17) is 16.1 Å². The number of anilines is 1. The fourth-order valence-corrected chi connectivity index (χ4v) is 5.45. The van der Waals surface area contributed by atoms with Crippen LogP contribution >= 0.6 is 0 Å². The molecule has 3 fully saturated rings. The number of primary amides is 1. The van der Waals surface area contributed by atoms with E-state index in [1.807, 2.05) is 16.8 Å². The number of pyridine rings is 2. The zero-order chi connectivity index (χ0) is 25.7. The maximum Gasteiger partial charge on any atom is 0.252 e. The SMILES string of the molecule is CC1(O)CCC1F.N#Cc1cnc2c(ccn2-c2cc(NC34CCC(O)(CC3)C4)c(C(N)=O)cn2)c1. The number of nitrogens with two attached hydrogens (primary N) is 1. The largest absolute Gasteiger partial charge is 0.390 e. The van der Waals surface area contributed by atoms with Gasteiger partial charge in [0.15, 0.2) is 0 Å². The molecule has 3 aliphatic carbocycles. The van der Waals surface area contributed by atoms with Crippen LogP contribution < -0.4 is 11.1 Å². The summed E-state index contributed by atoms with van der Waals surface area (Å²) < 4.78 is 13.9. The van der Waals surface area contributed by atoms with Crippen LogP contribution in [0.4, 0.5) is 10.1 Å². The number of aromatic nitrogens is 3. The van der Waals surface area contributed by atoms with Crippen molar-refractivity contribution in [3.05, 3.63) is 47.9 Å². The van der Waals surface area contributed by atoms with Crippen LogP contribution in [0, 0.1) is 11.3 Å². The van der Waals surface area contributed by atoms with Crippen LogP contribution in [0.3, 0.4) is 0 Å². The van der Waals surface area contributed by atoms with E-state index in [0.29, 0.717) is 47.5 Å². The molecule has 3 aliphatic rings. The van der Waals surface area contributed by atoms with Crippen molar-refractivity contribution < 1.29 is 19.4 Å². The fraction of sp³-hybridized carbons (Fsp3) is 0.462. The number of aliphatic hydroxyl groups is 2. The van der Waals surface area contributed by atoms with Gasteiger partial charge < -0.3 is 21.3 Å². The molecule has 2 bridgehead atoms. The molecule has 3 aromatic heterocycles. The third kappa shape index (κ3) is 4.29. The number of nitrogens with zero attached hydrogens (tertiary/aromatic N) is 4. The molecule has 6 rings (SSSR count). The first-order valence-electron chi connectivity index (χ1n) is 12.1. The summed E-state index contributed by atoms with van der Waals surface area (Å²) in [6.45, 7) is 1.53. The maximum absolute atomic E-state index is 12.0. The number of hydrogen-bond acceptors (Lipinski definition) is 7. The second-order valence-corrected chi connectivity index (χ2v) is 10.6. The number of amides is 1. The topological polar surface area (TPSA) is 150 Å². The Bertz CT molecular complexity index is 1370. The van der Waals surface area contributed by atoms with Crippen LogP contribution in [0.1, 0.15) is 67.8 Å². The molecular weight excluding hydrogens is 463 g/mol. The normalized spacial score (nSPS) is 30.2. The monoisotopic (exact) mass is 492 g/mol. The van der Waals surface area contributed by atoms with Gasteiger partial charge in [0.05, 0.1) is 28.0 Å². The van der Waals surface area contributed by atoms with E-state index in [1.54, 1.807) is 12.1 Å². The Morgan fingerprint density at radius 1 is 1.22 bits per heavy atom. The van der Waals surface area contributed by atoms with Gasteiger partial charge in [0.1, 0.15) is 23.7 Å². The standard InChI is InChI=1S/C21H20N6O2.C5H9FO/c22-9-13-7-14-1-6-27(19(14)25-10-13)17-8-16(15(11-24-17)18(23)28)26-20-2-4-21(29,12-20)5-3-20;1-5(7)3-2-4(5)6/h1,6-8,10-11,29H,2-5,12H2,(H2,23,28)(H,24,26);4,7H,2-3H2,1H3. The highest BCUT2D eigenvalue weighted by Crippen LogP contribution is 2.52.